The molecule has 0 fully saturated rings. The van der Waals surface area contributed by atoms with Gasteiger partial charge in [-0.15, -0.1) is 0 Å². The number of nitrogens with zero attached hydrogens (tertiary/aromatic N) is 1. The number of aliphatic hydroxyl groups excluding tert-OH is 1. The Morgan fingerprint density at radius 2 is 1.95 bits per heavy atom. The van der Waals surface area contributed by atoms with Gasteiger partial charge in [-0.3, -0.25) is 0 Å². The van der Waals surface area contributed by atoms with E-state index in [9.17, 15) is 21.6 Å². The molecule has 0 heterocycles. The molecule has 0 saturated heterocycles. The lowest BCUT2D eigenvalue weighted by molar-refractivity contribution is -0.136. The third-order valence-corrected chi connectivity index (χ3v) is 4.53. The second kappa shape index (κ2) is 5.98. The summed E-state index contributed by atoms with van der Waals surface area (Å²) in [4.78, 5) is -0.260. The van der Waals surface area contributed by atoms with E-state index in [0.29, 0.717) is 5.69 Å². The van der Waals surface area contributed by atoms with Crippen molar-refractivity contribution in [3.05, 3.63) is 23.8 Å². The summed E-state index contributed by atoms with van der Waals surface area (Å²) in [6.45, 7) is -1.55. The molecular weight excluding hydrogens is 297 g/mol. The topological polar surface area (TPSA) is 83.6 Å². The van der Waals surface area contributed by atoms with Crippen molar-refractivity contribution in [2.24, 2.45) is 0 Å². The summed E-state index contributed by atoms with van der Waals surface area (Å²) in [5, 5.41) is 8.76. The number of aliphatic hydroxyl groups is 1. The number of alkyl halides is 3. The number of hydrogen-bond acceptors (Lipinski definition) is 4. The maximum atomic E-state index is 12.4. The number of anilines is 1. The lowest BCUT2D eigenvalue weighted by Gasteiger charge is -2.23. The summed E-state index contributed by atoms with van der Waals surface area (Å²) < 4.78 is 61.9. The fraction of sp³-hybridized carbons (Fsp3) is 0.455. The molecule has 0 aliphatic carbocycles. The number of hydrogen-bond donors (Lipinski definition) is 2. The van der Waals surface area contributed by atoms with Gasteiger partial charge in [0.2, 0.25) is 10.0 Å². The monoisotopic (exact) mass is 312 g/mol. The molecule has 3 N–H and O–H groups in total. The minimum absolute atomic E-state index is 0.200. The van der Waals surface area contributed by atoms with Gasteiger partial charge in [0.1, 0.15) is 6.54 Å². The number of nitrogens with two attached hydrogens (primary N) is 1. The highest BCUT2D eigenvalue weighted by Gasteiger charge is 2.37. The van der Waals surface area contributed by atoms with Crippen LogP contribution in [0.3, 0.4) is 0 Å². The van der Waals surface area contributed by atoms with Crippen LogP contribution in [0.1, 0.15) is 5.56 Å². The predicted octanol–water partition coefficient (Wildman–Crippen LogP) is 1.12. The van der Waals surface area contributed by atoms with Crippen LogP contribution in [0.15, 0.2) is 23.1 Å². The zero-order valence-electron chi connectivity index (χ0n) is 10.7. The highest BCUT2D eigenvalue weighted by atomic mass is 32.2. The van der Waals surface area contributed by atoms with Crippen molar-refractivity contribution in [2.75, 3.05) is 25.4 Å². The van der Waals surface area contributed by atoms with Gasteiger partial charge in [-0.25, -0.2) is 8.42 Å². The first-order valence-electron chi connectivity index (χ1n) is 5.62. The molecular formula is C11H15F3N2O3S. The van der Waals surface area contributed by atoms with Crippen molar-refractivity contribution >= 4 is 15.7 Å². The van der Waals surface area contributed by atoms with Crippen LogP contribution >= 0.6 is 0 Å². The Morgan fingerprint density at radius 3 is 2.40 bits per heavy atom. The van der Waals surface area contributed by atoms with E-state index < -0.39 is 35.9 Å². The molecule has 0 aromatic heterocycles. The first-order valence-corrected chi connectivity index (χ1v) is 7.06. The van der Waals surface area contributed by atoms with E-state index in [2.05, 4.69) is 0 Å². The van der Waals surface area contributed by atoms with Gasteiger partial charge in [-0.2, -0.15) is 17.5 Å². The fourth-order valence-electron chi connectivity index (χ4n) is 1.70. The van der Waals surface area contributed by atoms with E-state index in [0.717, 1.165) is 6.07 Å². The lowest BCUT2D eigenvalue weighted by atomic mass is 10.2. The SMILES string of the molecule is Cc1cc(N)ccc1S(=O)(=O)N(CCO)CC(F)(F)F. The molecule has 0 saturated carbocycles. The zero-order valence-corrected chi connectivity index (χ0v) is 11.5. The molecule has 1 aromatic rings. The van der Waals surface area contributed by atoms with Crippen molar-refractivity contribution in [2.45, 2.75) is 18.0 Å². The molecule has 0 spiro atoms. The molecule has 9 heteroatoms. The number of aryl methyl sites for hydroxylation is 1. The fourth-order valence-corrected chi connectivity index (χ4v) is 3.32. The van der Waals surface area contributed by atoms with Gasteiger partial charge in [0.25, 0.3) is 0 Å². The van der Waals surface area contributed by atoms with Crippen LogP contribution in [0.2, 0.25) is 0 Å². The van der Waals surface area contributed by atoms with Crippen molar-refractivity contribution in [1.29, 1.82) is 0 Å². The standard InChI is InChI=1S/C11H15F3N2O3S/c1-8-6-9(15)2-3-10(8)20(18,19)16(4-5-17)7-11(12,13)14/h2-3,6,17H,4-5,7,15H2,1H3. The molecule has 0 radical (unpaired) electrons. The van der Waals surface area contributed by atoms with E-state index in [1.54, 1.807) is 0 Å². The molecule has 0 aliphatic heterocycles. The second-order valence-electron chi connectivity index (χ2n) is 4.20. The van der Waals surface area contributed by atoms with Gasteiger partial charge in [-0.05, 0) is 30.7 Å². The van der Waals surface area contributed by atoms with Gasteiger partial charge in [0, 0.05) is 12.2 Å². The van der Waals surface area contributed by atoms with Gasteiger partial charge >= 0.3 is 6.18 Å². The smallest absolute Gasteiger partial charge is 0.399 e. The normalized spacial score (nSPS) is 12.9. The Bertz CT molecular complexity index is 573. The molecule has 20 heavy (non-hydrogen) atoms. The molecule has 0 amide bonds. The van der Waals surface area contributed by atoms with Gasteiger partial charge < -0.3 is 10.8 Å². The van der Waals surface area contributed by atoms with Crippen molar-refractivity contribution in [3.63, 3.8) is 0 Å². The van der Waals surface area contributed by atoms with E-state index in [1.165, 1.54) is 19.1 Å². The Balaban J connectivity index is 3.22. The molecule has 1 rings (SSSR count). The van der Waals surface area contributed by atoms with Crippen LogP contribution in [-0.4, -0.2) is 43.7 Å². The number of benzene rings is 1. The molecule has 0 aliphatic rings. The number of rotatable bonds is 5. The average molecular weight is 312 g/mol. The summed E-state index contributed by atoms with van der Waals surface area (Å²) >= 11 is 0. The molecule has 114 valence electrons. The van der Waals surface area contributed by atoms with Crippen molar-refractivity contribution < 1.29 is 26.7 Å². The first kappa shape index (κ1) is 16.7. The Kier molecular flexibility index (Phi) is 5.00. The quantitative estimate of drug-likeness (QED) is 0.798. The summed E-state index contributed by atoms with van der Waals surface area (Å²) in [5.41, 5.74) is 6.04. The van der Waals surface area contributed by atoms with Crippen LogP contribution in [-0.2, 0) is 10.0 Å². The summed E-state index contributed by atoms with van der Waals surface area (Å²) in [7, 11) is -4.35. The summed E-state index contributed by atoms with van der Waals surface area (Å²) in [6, 6.07) is 3.81. The minimum Gasteiger partial charge on any atom is -0.399 e. The van der Waals surface area contributed by atoms with Gasteiger partial charge in [0.05, 0.1) is 11.5 Å². The Hall–Kier alpha value is -1.32. The van der Waals surface area contributed by atoms with Crippen LogP contribution in [0.4, 0.5) is 18.9 Å². The highest BCUT2D eigenvalue weighted by molar-refractivity contribution is 7.89. The average Bonchev–Trinajstić information content (AvgIpc) is 2.26. The van der Waals surface area contributed by atoms with E-state index in [4.69, 9.17) is 10.8 Å². The zero-order chi connectivity index (χ0) is 15.6. The van der Waals surface area contributed by atoms with E-state index in [1.807, 2.05) is 0 Å². The predicted molar refractivity (Wildman–Crippen MR) is 67.5 cm³/mol. The molecule has 1 aromatic carbocycles. The molecule has 5 nitrogen and oxygen atoms in total. The summed E-state index contributed by atoms with van der Waals surface area (Å²) in [6.07, 6.45) is -4.69. The van der Waals surface area contributed by atoms with E-state index in [-0.39, 0.29) is 14.8 Å². The third-order valence-electron chi connectivity index (χ3n) is 2.52. The molecule has 0 unspecified atom stereocenters. The summed E-state index contributed by atoms with van der Waals surface area (Å²) in [5.74, 6) is 0. The number of nitrogen functional groups attached to an aromatic ring is 1. The van der Waals surface area contributed by atoms with Gasteiger partial charge in [0.15, 0.2) is 0 Å². The minimum atomic E-state index is -4.69. The molecule has 0 atom stereocenters. The first-order chi connectivity index (χ1) is 9.08. The van der Waals surface area contributed by atoms with Crippen LogP contribution < -0.4 is 5.73 Å². The van der Waals surface area contributed by atoms with Crippen LogP contribution in [0.5, 0.6) is 0 Å². The van der Waals surface area contributed by atoms with Crippen LogP contribution in [0, 0.1) is 6.92 Å². The van der Waals surface area contributed by atoms with Crippen LogP contribution in [0.25, 0.3) is 0 Å². The number of halogens is 3. The Morgan fingerprint density at radius 1 is 1.35 bits per heavy atom. The maximum absolute atomic E-state index is 12.4. The Labute approximate surface area is 114 Å². The highest BCUT2D eigenvalue weighted by Crippen LogP contribution is 2.25. The second-order valence-corrected chi connectivity index (χ2v) is 6.11. The molecule has 0 bridgehead atoms. The van der Waals surface area contributed by atoms with Crippen molar-refractivity contribution in [1.82, 2.24) is 4.31 Å². The van der Waals surface area contributed by atoms with E-state index >= 15 is 0 Å². The lowest BCUT2D eigenvalue weighted by Crippen LogP contribution is -2.40. The van der Waals surface area contributed by atoms with Gasteiger partial charge in [-0.1, -0.05) is 0 Å². The third kappa shape index (κ3) is 4.09. The van der Waals surface area contributed by atoms with Crippen molar-refractivity contribution in [3.8, 4) is 0 Å². The maximum Gasteiger partial charge on any atom is 0.402 e. The largest absolute Gasteiger partial charge is 0.402 e. The number of sulfonamides is 1.